The molecule has 0 aliphatic carbocycles. The molecule has 2 amide bonds. The van der Waals surface area contributed by atoms with Gasteiger partial charge in [0.25, 0.3) is 0 Å². The lowest BCUT2D eigenvalue weighted by molar-refractivity contribution is -0.124. The van der Waals surface area contributed by atoms with E-state index in [2.05, 4.69) is 24.5 Å². The molecule has 1 rings (SSSR count). The second-order valence-corrected chi connectivity index (χ2v) is 7.26. The number of nitrogens with one attached hydrogen (secondary N) is 2. The Hall–Kier alpha value is -1.88. The molecule has 5 nitrogen and oxygen atoms in total. The third kappa shape index (κ3) is 7.28. The van der Waals surface area contributed by atoms with Crippen molar-refractivity contribution in [1.29, 1.82) is 0 Å². The lowest BCUT2D eigenvalue weighted by Gasteiger charge is -2.23. The van der Waals surface area contributed by atoms with E-state index in [0.29, 0.717) is 5.92 Å². The second kappa shape index (κ2) is 8.11. The lowest BCUT2D eigenvalue weighted by atomic mass is 10.0. The summed E-state index contributed by atoms with van der Waals surface area (Å²) in [5, 5.41) is 5.82. The van der Waals surface area contributed by atoms with Gasteiger partial charge >= 0.3 is 0 Å². The quantitative estimate of drug-likeness (QED) is 0.847. The van der Waals surface area contributed by atoms with Gasteiger partial charge in [-0.05, 0) is 45.4 Å². The Balaban J connectivity index is 2.55. The molecule has 0 heterocycles. The molecule has 0 saturated carbocycles. The first kappa shape index (κ1) is 19.2. The largest absolute Gasteiger partial charge is 0.350 e. The summed E-state index contributed by atoms with van der Waals surface area (Å²) in [6.07, 6.45) is 0. The number of rotatable bonds is 6. The number of hydrogen-bond donors (Lipinski definition) is 2. The summed E-state index contributed by atoms with van der Waals surface area (Å²) in [5.74, 6) is 0.126. The summed E-state index contributed by atoms with van der Waals surface area (Å²) < 4.78 is 0. The number of hydrogen-bond acceptors (Lipinski definition) is 3. The fourth-order valence-electron chi connectivity index (χ4n) is 2.31. The van der Waals surface area contributed by atoms with Crippen molar-refractivity contribution in [3.63, 3.8) is 0 Å². The summed E-state index contributed by atoms with van der Waals surface area (Å²) in [7, 11) is 1.76. The van der Waals surface area contributed by atoms with Gasteiger partial charge in [0.05, 0.1) is 13.1 Å². The van der Waals surface area contributed by atoms with Crippen LogP contribution in [0.25, 0.3) is 0 Å². The number of carbonyl (C=O) groups is 2. The van der Waals surface area contributed by atoms with Crippen molar-refractivity contribution in [1.82, 2.24) is 10.2 Å². The number of anilines is 1. The van der Waals surface area contributed by atoms with E-state index in [9.17, 15) is 9.59 Å². The zero-order chi connectivity index (χ0) is 17.6. The van der Waals surface area contributed by atoms with E-state index in [4.69, 9.17) is 0 Å². The monoisotopic (exact) mass is 319 g/mol. The highest BCUT2D eigenvalue weighted by Crippen LogP contribution is 2.23. The molecule has 128 valence electrons. The zero-order valence-corrected chi connectivity index (χ0v) is 15.1. The molecule has 0 spiro atoms. The number of carbonyl (C=O) groups excluding carboxylic acids is 2. The normalized spacial score (nSPS) is 11.7. The smallest absolute Gasteiger partial charge is 0.238 e. The van der Waals surface area contributed by atoms with E-state index in [-0.39, 0.29) is 30.4 Å². The first-order valence-corrected chi connectivity index (χ1v) is 7.97. The minimum atomic E-state index is -0.267. The van der Waals surface area contributed by atoms with Gasteiger partial charge in [-0.2, -0.15) is 0 Å². The molecular formula is C18H29N3O2. The summed E-state index contributed by atoms with van der Waals surface area (Å²) in [4.78, 5) is 25.8. The van der Waals surface area contributed by atoms with Gasteiger partial charge in [0, 0.05) is 11.2 Å². The molecule has 5 heteroatoms. The van der Waals surface area contributed by atoms with Crippen LogP contribution in [0.3, 0.4) is 0 Å². The molecule has 0 saturated heterocycles. The van der Waals surface area contributed by atoms with Crippen LogP contribution in [-0.2, 0) is 9.59 Å². The maximum absolute atomic E-state index is 12.2. The number of likely N-dealkylation sites (N-methyl/N-ethyl adjacent to an activating group) is 1. The van der Waals surface area contributed by atoms with Crippen LogP contribution in [0.5, 0.6) is 0 Å². The molecule has 0 aromatic heterocycles. The van der Waals surface area contributed by atoms with Crippen LogP contribution in [-0.4, -0.2) is 42.4 Å². The molecule has 0 unspecified atom stereocenters. The van der Waals surface area contributed by atoms with Gasteiger partial charge in [-0.3, -0.25) is 14.5 Å². The summed E-state index contributed by atoms with van der Waals surface area (Å²) in [5.41, 5.74) is 1.67. The second-order valence-electron chi connectivity index (χ2n) is 7.26. The Labute approximate surface area is 139 Å². The minimum Gasteiger partial charge on any atom is -0.350 e. The van der Waals surface area contributed by atoms with Gasteiger partial charge in [-0.25, -0.2) is 0 Å². The Morgan fingerprint density at radius 3 is 2.22 bits per heavy atom. The standard InChI is InChI=1S/C18H29N3O2/c1-13(2)14-9-7-8-10-15(14)19-16(22)11-21(6)12-17(23)20-18(3,4)5/h7-10,13H,11-12H2,1-6H3,(H,19,22)(H,20,23). The van der Waals surface area contributed by atoms with Crippen LogP contribution in [0, 0.1) is 0 Å². The zero-order valence-electron chi connectivity index (χ0n) is 15.1. The molecule has 1 aromatic carbocycles. The van der Waals surface area contributed by atoms with E-state index >= 15 is 0 Å². The van der Waals surface area contributed by atoms with Crippen LogP contribution in [0.1, 0.15) is 46.1 Å². The van der Waals surface area contributed by atoms with Gasteiger partial charge in [0.2, 0.25) is 11.8 Å². The van der Waals surface area contributed by atoms with Crippen molar-refractivity contribution in [3.8, 4) is 0 Å². The predicted molar refractivity (Wildman–Crippen MR) is 94.6 cm³/mol. The molecule has 0 radical (unpaired) electrons. The van der Waals surface area contributed by atoms with Gasteiger partial charge in [0.15, 0.2) is 0 Å². The van der Waals surface area contributed by atoms with E-state index in [1.54, 1.807) is 11.9 Å². The van der Waals surface area contributed by atoms with E-state index in [1.807, 2.05) is 45.0 Å². The molecule has 1 aromatic rings. The van der Waals surface area contributed by atoms with Gasteiger partial charge in [-0.15, -0.1) is 0 Å². The van der Waals surface area contributed by atoms with Gasteiger partial charge in [-0.1, -0.05) is 32.0 Å². The van der Waals surface area contributed by atoms with Crippen molar-refractivity contribution in [2.24, 2.45) is 0 Å². The number of amides is 2. The Morgan fingerprint density at radius 2 is 1.65 bits per heavy atom. The highest BCUT2D eigenvalue weighted by atomic mass is 16.2. The highest BCUT2D eigenvalue weighted by Gasteiger charge is 2.17. The Bertz CT molecular complexity index is 547. The van der Waals surface area contributed by atoms with Crippen LogP contribution >= 0.6 is 0 Å². The summed E-state index contributed by atoms with van der Waals surface area (Å²) >= 11 is 0. The number of nitrogens with zero attached hydrogens (tertiary/aromatic N) is 1. The van der Waals surface area contributed by atoms with Gasteiger partial charge < -0.3 is 10.6 Å². The summed E-state index contributed by atoms with van der Waals surface area (Å²) in [6.45, 7) is 10.3. The molecular weight excluding hydrogens is 290 g/mol. The minimum absolute atomic E-state index is 0.0876. The third-order valence-corrected chi connectivity index (χ3v) is 3.20. The van der Waals surface area contributed by atoms with Crippen LogP contribution in [0.15, 0.2) is 24.3 Å². The fraction of sp³-hybridized carbons (Fsp3) is 0.556. The number of para-hydroxylation sites is 1. The Morgan fingerprint density at radius 1 is 1.09 bits per heavy atom. The molecule has 0 aliphatic heterocycles. The topological polar surface area (TPSA) is 61.4 Å². The predicted octanol–water partition coefficient (Wildman–Crippen LogP) is 2.59. The van der Waals surface area contributed by atoms with Crippen molar-refractivity contribution in [2.45, 2.75) is 46.1 Å². The molecule has 0 bridgehead atoms. The summed E-state index contributed by atoms with van der Waals surface area (Å²) in [6, 6.07) is 7.79. The third-order valence-electron chi connectivity index (χ3n) is 3.20. The molecule has 23 heavy (non-hydrogen) atoms. The Kier molecular flexibility index (Phi) is 6.76. The molecule has 0 aliphatic rings. The SMILES string of the molecule is CC(C)c1ccccc1NC(=O)CN(C)CC(=O)NC(C)(C)C. The molecule has 0 atom stereocenters. The van der Waals surface area contributed by atoms with Crippen LogP contribution < -0.4 is 10.6 Å². The van der Waals surface area contributed by atoms with Crippen molar-refractivity contribution in [2.75, 3.05) is 25.5 Å². The van der Waals surface area contributed by atoms with Gasteiger partial charge in [0.1, 0.15) is 0 Å². The van der Waals surface area contributed by atoms with Crippen LogP contribution in [0.4, 0.5) is 5.69 Å². The van der Waals surface area contributed by atoms with Crippen molar-refractivity contribution < 1.29 is 9.59 Å². The average molecular weight is 319 g/mol. The maximum atomic E-state index is 12.2. The fourth-order valence-corrected chi connectivity index (χ4v) is 2.31. The lowest BCUT2D eigenvalue weighted by Crippen LogP contribution is -2.46. The van der Waals surface area contributed by atoms with Crippen LogP contribution in [0.2, 0.25) is 0 Å². The maximum Gasteiger partial charge on any atom is 0.238 e. The first-order chi connectivity index (χ1) is 10.6. The van der Waals surface area contributed by atoms with E-state index in [0.717, 1.165) is 11.3 Å². The molecule has 2 N–H and O–H groups in total. The van der Waals surface area contributed by atoms with E-state index in [1.165, 1.54) is 0 Å². The molecule has 0 fully saturated rings. The first-order valence-electron chi connectivity index (χ1n) is 7.97. The van der Waals surface area contributed by atoms with E-state index < -0.39 is 0 Å². The highest BCUT2D eigenvalue weighted by molar-refractivity contribution is 5.93. The average Bonchev–Trinajstić information content (AvgIpc) is 2.35. The van der Waals surface area contributed by atoms with Crippen molar-refractivity contribution in [3.05, 3.63) is 29.8 Å². The van der Waals surface area contributed by atoms with Crippen molar-refractivity contribution >= 4 is 17.5 Å². The number of benzene rings is 1.